The summed E-state index contributed by atoms with van der Waals surface area (Å²) < 4.78 is 21.2. The van der Waals surface area contributed by atoms with Gasteiger partial charge >= 0.3 is 11.8 Å². The van der Waals surface area contributed by atoms with Gasteiger partial charge in [-0.15, -0.1) is 10.2 Å². The van der Waals surface area contributed by atoms with Crippen molar-refractivity contribution in [1.82, 2.24) is 39.7 Å². The van der Waals surface area contributed by atoms with Gasteiger partial charge < -0.3 is 14.3 Å². The summed E-state index contributed by atoms with van der Waals surface area (Å²) in [4.78, 5) is 26.9. The molecule has 5 aromatic rings. The molecule has 0 aromatic carbocycles. The topological polar surface area (TPSA) is 118 Å². The van der Waals surface area contributed by atoms with E-state index in [0.29, 0.717) is 35.6 Å². The van der Waals surface area contributed by atoms with Gasteiger partial charge in [-0.1, -0.05) is 12.1 Å². The number of pyridine rings is 2. The molecule has 0 bridgehead atoms. The van der Waals surface area contributed by atoms with Crippen molar-refractivity contribution in [2.24, 2.45) is 0 Å². The molecule has 164 valence electrons. The highest BCUT2D eigenvalue weighted by Crippen LogP contribution is 2.34. The Kier molecular flexibility index (Phi) is 4.28. The number of nitrogens with one attached hydrogen (secondary N) is 1. The Morgan fingerprint density at radius 2 is 2.09 bits per heavy atom. The van der Waals surface area contributed by atoms with E-state index in [1.165, 1.54) is 10.6 Å². The van der Waals surface area contributed by atoms with Gasteiger partial charge in [0.25, 0.3) is 5.89 Å². The van der Waals surface area contributed by atoms with Crippen LogP contribution in [0.1, 0.15) is 39.5 Å². The second kappa shape index (κ2) is 7.33. The zero-order valence-corrected chi connectivity index (χ0v) is 17.4. The number of aromatic amines is 1. The van der Waals surface area contributed by atoms with Gasteiger partial charge in [0, 0.05) is 24.4 Å². The van der Waals surface area contributed by atoms with Gasteiger partial charge in [-0.3, -0.25) is 4.79 Å². The fourth-order valence-electron chi connectivity index (χ4n) is 4.13. The molecule has 1 aliphatic rings. The van der Waals surface area contributed by atoms with Crippen LogP contribution in [0.2, 0.25) is 0 Å². The molecule has 0 saturated carbocycles. The number of fused-ring (bicyclic) bond motifs is 2. The molecular weight excluding hydrogens is 427 g/mol. The van der Waals surface area contributed by atoms with Gasteiger partial charge in [-0.2, -0.15) is 9.49 Å². The van der Waals surface area contributed by atoms with Crippen LogP contribution < -0.4 is 0 Å². The summed E-state index contributed by atoms with van der Waals surface area (Å²) >= 11 is 0. The minimum Gasteiger partial charge on any atom is -0.411 e. The molecule has 0 aliphatic carbocycles. The summed E-state index contributed by atoms with van der Waals surface area (Å²) in [6.45, 7) is 2.22. The second-order valence-corrected chi connectivity index (χ2v) is 7.75. The highest BCUT2D eigenvalue weighted by Gasteiger charge is 2.38. The Balaban J connectivity index is 1.40. The number of hydrogen-bond acceptors (Lipinski definition) is 7. The molecule has 1 N–H and O–H groups in total. The molecule has 10 nitrogen and oxygen atoms in total. The molecule has 1 amide bonds. The smallest absolute Gasteiger partial charge is 0.312 e. The number of imidazole rings is 1. The third-order valence-electron chi connectivity index (χ3n) is 5.64. The first kappa shape index (κ1) is 19.3. The quantitative estimate of drug-likeness (QED) is 0.425. The fraction of sp³-hybridized carbons (Fsp3) is 0.182. The largest absolute Gasteiger partial charge is 0.411 e. The molecule has 0 fully saturated rings. The van der Waals surface area contributed by atoms with Crippen molar-refractivity contribution in [3.8, 4) is 11.6 Å². The molecule has 1 aliphatic heterocycles. The minimum atomic E-state index is -0.640. The van der Waals surface area contributed by atoms with Crippen LogP contribution in [0.4, 0.5) is 4.39 Å². The lowest BCUT2D eigenvalue weighted by atomic mass is 9.99. The standard InChI is InChI=1S/C22H17FN8O2/c1-12-4-2-6-15(26-12)20-27-28-21(33-20)22(32)30-9-8-14-18(25-11-24-14)19(30)16-10-13-5-3-7-17(23)31(13)29-16/h2-7,10-11,19H,8-9H2,1H3,(H,24,25)/t19-/m0/s1. The molecule has 0 saturated heterocycles. The first-order chi connectivity index (χ1) is 16.1. The number of aromatic nitrogens is 7. The number of amides is 1. The summed E-state index contributed by atoms with van der Waals surface area (Å²) in [6, 6.07) is 11.2. The number of carbonyl (C=O) groups is 1. The maximum absolute atomic E-state index is 14.3. The van der Waals surface area contributed by atoms with E-state index < -0.39 is 17.9 Å². The van der Waals surface area contributed by atoms with Crippen LogP contribution in [0.5, 0.6) is 0 Å². The van der Waals surface area contributed by atoms with Crippen LogP contribution in [0.15, 0.2) is 53.2 Å². The van der Waals surface area contributed by atoms with Crippen molar-refractivity contribution in [3.05, 3.63) is 83.4 Å². The Bertz CT molecular complexity index is 1500. The first-order valence-corrected chi connectivity index (χ1v) is 10.3. The lowest BCUT2D eigenvalue weighted by Crippen LogP contribution is -2.41. The van der Waals surface area contributed by atoms with Gasteiger partial charge in [0.2, 0.25) is 5.95 Å². The fourth-order valence-corrected chi connectivity index (χ4v) is 4.13. The molecule has 0 spiro atoms. The third kappa shape index (κ3) is 3.16. The Hall–Kier alpha value is -4.41. The van der Waals surface area contributed by atoms with Gasteiger partial charge in [0.15, 0.2) is 0 Å². The van der Waals surface area contributed by atoms with Crippen LogP contribution in [0, 0.1) is 12.9 Å². The van der Waals surface area contributed by atoms with E-state index in [0.717, 1.165) is 11.4 Å². The van der Waals surface area contributed by atoms with Crippen LogP contribution in [0.25, 0.3) is 17.1 Å². The van der Waals surface area contributed by atoms with E-state index in [-0.39, 0.29) is 11.8 Å². The number of halogens is 1. The second-order valence-electron chi connectivity index (χ2n) is 7.75. The van der Waals surface area contributed by atoms with Crippen molar-refractivity contribution >= 4 is 11.4 Å². The van der Waals surface area contributed by atoms with Gasteiger partial charge in [-0.05, 0) is 37.3 Å². The van der Waals surface area contributed by atoms with Crippen molar-refractivity contribution in [1.29, 1.82) is 0 Å². The lowest BCUT2D eigenvalue weighted by Gasteiger charge is -2.32. The molecular formula is C22H17FN8O2. The number of aryl methyl sites for hydroxylation is 1. The average molecular weight is 444 g/mol. The van der Waals surface area contributed by atoms with Crippen LogP contribution in [0.3, 0.4) is 0 Å². The third-order valence-corrected chi connectivity index (χ3v) is 5.64. The van der Waals surface area contributed by atoms with Crippen molar-refractivity contribution < 1.29 is 13.6 Å². The highest BCUT2D eigenvalue weighted by atomic mass is 19.1. The zero-order chi connectivity index (χ0) is 22.5. The van der Waals surface area contributed by atoms with E-state index in [4.69, 9.17) is 4.42 Å². The molecule has 5 aromatic heterocycles. The predicted octanol–water partition coefficient (Wildman–Crippen LogP) is 2.74. The van der Waals surface area contributed by atoms with Gasteiger partial charge in [-0.25, -0.2) is 14.5 Å². The maximum atomic E-state index is 14.3. The van der Waals surface area contributed by atoms with E-state index in [9.17, 15) is 9.18 Å². The predicted molar refractivity (Wildman–Crippen MR) is 113 cm³/mol. The zero-order valence-electron chi connectivity index (χ0n) is 17.4. The number of hydrogen-bond donors (Lipinski definition) is 1. The number of carbonyl (C=O) groups excluding carboxylic acids is 1. The molecule has 33 heavy (non-hydrogen) atoms. The molecule has 0 radical (unpaired) electrons. The molecule has 6 rings (SSSR count). The van der Waals surface area contributed by atoms with Crippen molar-refractivity contribution in [2.45, 2.75) is 19.4 Å². The molecule has 11 heteroatoms. The molecule has 0 unspecified atom stereocenters. The summed E-state index contributed by atoms with van der Waals surface area (Å²) in [5, 5.41) is 12.4. The minimum absolute atomic E-state index is 0.158. The van der Waals surface area contributed by atoms with E-state index in [1.54, 1.807) is 35.5 Å². The number of H-pyrrole nitrogens is 1. The van der Waals surface area contributed by atoms with E-state index >= 15 is 0 Å². The van der Waals surface area contributed by atoms with Gasteiger partial charge in [0.1, 0.15) is 11.7 Å². The highest BCUT2D eigenvalue weighted by molar-refractivity contribution is 5.90. The van der Waals surface area contributed by atoms with Crippen LogP contribution >= 0.6 is 0 Å². The van der Waals surface area contributed by atoms with Crippen LogP contribution in [-0.4, -0.2) is 52.1 Å². The van der Waals surface area contributed by atoms with E-state index in [1.807, 2.05) is 19.1 Å². The number of rotatable bonds is 3. The van der Waals surface area contributed by atoms with Crippen molar-refractivity contribution in [2.75, 3.05) is 6.54 Å². The molecule has 6 heterocycles. The summed E-state index contributed by atoms with van der Waals surface area (Å²) in [7, 11) is 0. The van der Waals surface area contributed by atoms with Crippen molar-refractivity contribution in [3.63, 3.8) is 0 Å². The normalized spacial score (nSPS) is 15.7. The first-order valence-electron chi connectivity index (χ1n) is 10.3. The summed E-state index contributed by atoms with van der Waals surface area (Å²) in [6.07, 6.45) is 2.15. The van der Waals surface area contributed by atoms with E-state index in [2.05, 4.69) is 30.2 Å². The Morgan fingerprint density at radius 3 is 2.94 bits per heavy atom. The molecule has 1 atom stereocenters. The SMILES string of the molecule is Cc1cccc(-c2nnc(C(=O)N3CCc4[nH]cnc4[C@@H]3c3cc4cccc(F)n4n3)o2)n1. The lowest BCUT2D eigenvalue weighted by molar-refractivity contribution is 0.0646. The Labute approximate surface area is 186 Å². The van der Waals surface area contributed by atoms with Gasteiger partial charge in [0.05, 0.1) is 23.2 Å². The summed E-state index contributed by atoms with van der Waals surface area (Å²) in [5.41, 5.74) is 3.89. The monoisotopic (exact) mass is 444 g/mol. The van der Waals surface area contributed by atoms with Crippen LogP contribution in [-0.2, 0) is 6.42 Å². The Morgan fingerprint density at radius 1 is 1.21 bits per heavy atom. The number of nitrogens with zero attached hydrogens (tertiary/aromatic N) is 7. The summed E-state index contributed by atoms with van der Waals surface area (Å²) in [5.74, 6) is -0.961. The average Bonchev–Trinajstić information content (AvgIpc) is 3.57. The maximum Gasteiger partial charge on any atom is 0.312 e.